The van der Waals surface area contributed by atoms with Crippen LogP contribution in [0.2, 0.25) is 0 Å². The molecule has 17 heavy (non-hydrogen) atoms. The number of anilines is 2. The summed E-state index contributed by atoms with van der Waals surface area (Å²) < 4.78 is 0. The molecule has 0 spiro atoms. The summed E-state index contributed by atoms with van der Waals surface area (Å²) in [6.07, 6.45) is 5.38. The highest BCUT2D eigenvalue weighted by atomic mass is 15.1. The second-order valence-electron chi connectivity index (χ2n) is 5.26. The molecule has 1 heterocycles. The van der Waals surface area contributed by atoms with E-state index in [1.165, 1.54) is 50.0 Å². The van der Waals surface area contributed by atoms with E-state index in [-0.39, 0.29) is 0 Å². The van der Waals surface area contributed by atoms with E-state index < -0.39 is 0 Å². The molecule has 1 aromatic rings. The number of aryl methyl sites for hydroxylation is 1. The molecule has 0 aliphatic carbocycles. The summed E-state index contributed by atoms with van der Waals surface area (Å²) in [4.78, 5) is 2.47. The molecule has 0 aromatic heterocycles. The Hall–Kier alpha value is -1.18. The molecule has 1 aliphatic heterocycles. The fourth-order valence-electron chi connectivity index (χ4n) is 2.71. The van der Waals surface area contributed by atoms with Gasteiger partial charge in [0.2, 0.25) is 0 Å². The third-order valence-corrected chi connectivity index (χ3v) is 3.94. The summed E-state index contributed by atoms with van der Waals surface area (Å²) >= 11 is 0. The molecule has 2 rings (SSSR count). The number of hydrogen-bond donors (Lipinski definition) is 1. The van der Waals surface area contributed by atoms with Gasteiger partial charge in [-0.25, -0.2) is 0 Å². The number of nitrogens with zero attached hydrogens (tertiary/aromatic N) is 1. The van der Waals surface area contributed by atoms with Gasteiger partial charge in [-0.15, -0.1) is 0 Å². The number of piperidine rings is 1. The fraction of sp³-hybridized carbons (Fsp3) is 0.600. The lowest BCUT2D eigenvalue weighted by atomic mass is 9.92. The van der Waals surface area contributed by atoms with Crippen LogP contribution in [0.1, 0.15) is 38.2 Å². The highest BCUT2D eigenvalue weighted by Gasteiger charge is 2.18. The van der Waals surface area contributed by atoms with Crippen LogP contribution >= 0.6 is 0 Å². The number of nitrogens with two attached hydrogens (primary N) is 1. The summed E-state index contributed by atoms with van der Waals surface area (Å²) in [6, 6.07) is 6.45. The van der Waals surface area contributed by atoms with E-state index in [0.717, 1.165) is 11.6 Å². The van der Waals surface area contributed by atoms with Crippen molar-refractivity contribution in [2.24, 2.45) is 5.92 Å². The van der Waals surface area contributed by atoms with Gasteiger partial charge in [0.25, 0.3) is 0 Å². The van der Waals surface area contributed by atoms with Gasteiger partial charge >= 0.3 is 0 Å². The molecule has 0 amide bonds. The molecule has 1 saturated heterocycles. The Morgan fingerprint density at radius 3 is 2.59 bits per heavy atom. The maximum absolute atomic E-state index is 5.98. The van der Waals surface area contributed by atoms with E-state index in [0.29, 0.717) is 0 Å². The molecular weight excluding hydrogens is 208 g/mol. The molecule has 1 fully saturated rings. The van der Waals surface area contributed by atoms with Crippen molar-refractivity contribution in [3.05, 3.63) is 23.8 Å². The molecule has 0 atom stereocenters. The monoisotopic (exact) mass is 232 g/mol. The second kappa shape index (κ2) is 5.44. The average molecular weight is 232 g/mol. The van der Waals surface area contributed by atoms with Gasteiger partial charge in [-0.1, -0.05) is 25.8 Å². The zero-order valence-corrected chi connectivity index (χ0v) is 11.1. The first-order valence-electron chi connectivity index (χ1n) is 6.81. The van der Waals surface area contributed by atoms with E-state index in [1.54, 1.807) is 0 Å². The van der Waals surface area contributed by atoms with Crippen LogP contribution in [0.4, 0.5) is 11.4 Å². The van der Waals surface area contributed by atoms with Crippen LogP contribution < -0.4 is 10.6 Å². The minimum absolute atomic E-state index is 0.915. The van der Waals surface area contributed by atoms with Gasteiger partial charge in [-0.3, -0.25) is 0 Å². The van der Waals surface area contributed by atoms with Gasteiger partial charge in [0.05, 0.1) is 0 Å². The Kier molecular flexibility index (Phi) is 3.93. The summed E-state index contributed by atoms with van der Waals surface area (Å²) in [6.45, 7) is 6.72. The lowest BCUT2D eigenvalue weighted by Gasteiger charge is -2.33. The van der Waals surface area contributed by atoms with Crippen molar-refractivity contribution in [2.45, 2.75) is 39.5 Å². The first kappa shape index (κ1) is 12.3. The van der Waals surface area contributed by atoms with Gasteiger partial charge in [-0.2, -0.15) is 0 Å². The van der Waals surface area contributed by atoms with Gasteiger partial charge in [-0.05, 0) is 43.4 Å². The van der Waals surface area contributed by atoms with E-state index in [4.69, 9.17) is 5.73 Å². The normalized spacial score (nSPS) is 17.4. The SMILES string of the molecule is CCCC1CCN(c2ccc(C)c(N)c2)CC1. The predicted molar refractivity (Wildman–Crippen MR) is 75.4 cm³/mol. The molecule has 94 valence electrons. The molecule has 2 N–H and O–H groups in total. The predicted octanol–water partition coefficient (Wildman–Crippen LogP) is 3.59. The Balaban J connectivity index is 1.98. The van der Waals surface area contributed by atoms with Gasteiger partial charge in [0.1, 0.15) is 0 Å². The number of benzene rings is 1. The molecular formula is C15H24N2. The number of hydrogen-bond acceptors (Lipinski definition) is 2. The Labute approximate surface area is 105 Å². The molecule has 0 saturated carbocycles. The molecule has 0 radical (unpaired) electrons. The van der Waals surface area contributed by atoms with Crippen molar-refractivity contribution >= 4 is 11.4 Å². The molecule has 2 heteroatoms. The standard InChI is InChI=1S/C15H24N2/c1-3-4-13-7-9-17(10-8-13)14-6-5-12(2)15(16)11-14/h5-6,11,13H,3-4,7-10,16H2,1-2H3. The molecule has 0 bridgehead atoms. The van der Waals surface area contributed by atoms with Crippen molar-refractivity contribution in [3.63, 3.8) is 0 Å². The van der Waals surface area contributed by atoms with Crippen molar-refractivity contribution in [1.82, 2.24) is 0 Å². The van der Waals surface area contributed by atoms with Crippen molar-refractivity contribution in [1.29, 1.82) is 0 Å². The van der Waals surface area contributed by atoms with Crippen LogP contribution in [0.25, 0.3) is 0 Å². The van der Waals surface area contributed by atoms with Crippen LogP contribution in [-0.2, 0) is 0 Å². The Morgan fingerprint density at radius 1 is 1.29 bits per heavy atom. The minimum Gasteiger partial charge on any atom is -0.398 e. The highest BCUT2D eigenvalue weighted by Crippen LogP contribution is 2.27. The van der Waals surface area contributed by atoms with E-state index in [2.05, 4.69) is 36.9 Å². The summed E-state index contributed by atoms with van der Waals surface area (Å²) in [5.41, 5.74) is 9.36. The Morgan fingerprint density at radius 2 is 2.00 bits per heavy atom. The average Bonchev–Trinajstić information content (AvgIpc) is 2.34. The molecule has 0 unspecified atom stereocenters. The third-order valence-electron chi connectivity index (χ3n) is 3.94. The van der Waals surface area contributed by atoms with Crippen molar-refractivity contribution in [3.8, 4) is 0 Å². The molecule has 1 aliphatic rings. The minimum atomic E-state index is 0.915. The zero-order valence-electron chi connectivity index (χ0n) is 11.1. The highest BCUT2D eigenvalue weighted by molar-refractivity contribution is 5.59. The van der Waals surface area contributed by atoms with Crippen LogP contribution in [0.15, 0.2) is 18.2 Å². The molecule has 1 aromatic carbocycles. The van der Waals surface area contributed by atoms with E-state index >= 15 is 0 Å². The van der Waals surface area contributed by atoms with E-state index in [1.807, 2.05) is 0 Å². The van der Waals surface area contributed by atoms with Gasteiger partial charge in [0.15, 0.2) is 0 Å². The Bertz CT molecular complexity index is 365. The summed E-state index contributed by atoms with van der Waals surface area (Å²) in [5, 5.41) is 0. The lowest BCUT2D eigenvalue weighted by molar-refractivity contribution is 0.378. The van der Waals surface area contributed by atoms with Crippen LogP contribution in [0, 0.1) is 12.8 Å². The maximum Gasteiger partial charge on any atom is 0.0387 e. The summed E-state index contributed by atoms with van der Waals surface area (Å²) in [5.74, 6) is 0.944. The maximum atomic E-state index is 5.98. The number of nitrogen functional groups attached to an aromatic ring is 1. The largest absolute Gasteiger partial charge is 0.398 e. The smallest absolute Gasteiger partial charge is 0.0387 e. The second-order valence-corrected chi connectivity index (χ2v) is 5.26. The van der Waals surface area contributed by atoms with Gasteiger partial charge < -0.3 is 10.6 Å². The first-order valence-corrected chi connectivity index (χ1v) is 6.81. The first-order chi connectivity index (χ1) is 8.20. The lowest BCUT2D eigenvalue weighted by Crippen LogP contribution is -2.33. The van der Waals surface area contributed by atoms with Crippen LogP contribution in [0.3, 0.4) is 0 Å². The fourth-order valence-corrected chi connectivity index (χ4v) is 2.71. The quantitative estimate of drug-likeness (QED) is 0.807. The molecule has 2 nitrogen and oxygen atoms in total. The van der Waals surface area contributed by atoms with Gasteiger partial charge in [0, 0.05) is 24.5 Å². The zero-order chi connectivity index (χ0) is 12.3. The number of rotatable bonds is 3. The van der Waals surface area contributed by atoms with Crippen LogP contribution in [0.5, 0.6) is 0 Å². The van der Waals surface area contributed by atoms with Crippen molar-refractivity contribution < 1.29 is 0 Å². The third kappa shape index (κ3) is 2.93. The van der Waals surface area contributed by atoms with Crippen LogP contribution in [-0.4, -0.2) is 13.1 Å². The van der Waals surface area contributed by atoms with Crippen molar-refractivity contribution in [2.75, 3.05) is 23.7 Å². The van der Waals surface area contributed by atoms with E-state index in [9.17, 15) is 0 Å². The topological polar surface area (TPSA) is 29.3 Å². The summed E-state index contributed by atoms with van der Waals surface area (Å²) in [7, 11) is 0.